The van der Waals surface area contributed by atoms with Gasteiger partial charge in [0.15, 0.2) is 0 Å². The molecule has 0 aliphatic carbocycles. The van der Waals surface area contributed by atoms with Crippen molar-refractivity contribution in [1.29, 1.82) is 0 Å². The Kier molecular flexibility index (Phi) is 4.67. The Morgan fingerprint density at radius 1 is 1.22 bits per heavy atom. The highest BCUT2D eigenvalue weighted by Gasteiger charge is 2.13. The molecule has 2 heteroatoms. The van der Waals surface area contributed by atoms with E-state index in [0.717, 1.165) is 0 Å². The summed E-state index contributed by atoms with van der Waals surface area (Å²) in [6.07, 6.45) is 4.05. The van der Waals surface area contributed by atoms with Crippen molar-refractivity contribution in [2.24, 2.45) is 0 Å². The molecule has 0 aliphatic rings. The molecule has 0 unspecified atom stereocenters. The maximum absolute atomic E-state index is 5.34. The van der Waals surface area contributed by atoms with Crippen LogP contribution >= 0.6 is 12.1 Å². The van der Waals surface area contributed by atoms with Gasteiger partial charge in [0.25, 0.3) is 0 Å². The molecule has 0 amide bonds. The first-order valence-electron chi connectivity index (χ1n) is 3.76. The molecule has 0 N–H and O–H groups in total. The Balaban J connectivity index is 3.07. The molecular formula is C7H17SSi. The molecule has 0 nitrogen and oxygen atoms in total. The first-order valence-corrected chi connectivity index (χ1v) is 8.10. The molecule has 0 bridgehead atoms. The largest absolute Gasteiger partial charge is 0.128 e. The molecule has 0 aromatic rings. The van der Waals surface area contributed by atoms with Gasteiger partial charge in [-0.1, -0.05) is 39.3 Å². The zero-order valence-electron chi connectivity index (χ0n) is 6.74. The lowest BCUT2D eigenvalue weighted by Gasteiger charge is -2.11. The minimum Gasteiger partial charge on any atom is -0.128 e. The Hall–Kier alpha value is 0.567. The molecule has 9 heavy (non-hydrogen) atoms. The van der Waals surface area contributed by atoms with E-state index in [2.05, 4.69) is 20.0 Å². The van der Waals surface area contributed by atoms with Gasteiger partial charge < -0.3 is 0 Å². The normalized spacial score (nSPS) is 12.0. The minimum absolute atomic E-state index is 1.11. The van der Waals surface area contributed by atoms with Gasteiger partial charge in [-0.05, 0) is 6.04 Å². The van der Waals surface area contributed by atoms with E-state index in [1.807, 2.05) is 0 Å². The molecule has 55 valence electrons. The van der Waals surface area contributed by atoms with Gasteiger partial charge in [-0.3, -0.25) is 0 Å². The molecule has 0 heterocycles. The Labute approximate surface area is 65.1 Å². The van der Waals surface area contributed by atoms with Crippen LogP contribution < -0.4 is 0 Å². The number of rotatable bonds is 4. The van der Waals surface area contributed by atoms with Crippen molar-refractivity contribution in [2.75, 3.05) is 0 Å². The van der Waals surface area contributed by atoms with Gasteiger partial charge in [-0.2, -0.15) is 0 Å². The van der Waals surface area contributed by atoms with Crippen molar-refractivity contribution < 1.29 is 0 Å². The summed E-state index contributed by atoms with van der Waals surface area (Å²) in [5.74, 6) is 0. The second kappa shape index (κ2) is 4.39. The summed E-state index contributed by atoms with van der Waals surface area (Å²) in [6, 6.07) is 1.33. The second-order valence-electron chi connectivity index (χ2n) is 3.22. The average Bonchev–Trinajstić information content (AvgIpc) is 1.63. The third-order valence-electron chi connectivity index (χ3n) is 1.38. The predicted molar refractivity (Wildman–Crippen MR) is 49.4 cm³/mol. The minimum atomic E-state index is -1.11. The van der Waals surface area contributed by atoms with E-state index < -0.39 is 7.22 Å². The highest BCUT2D eigenvalue weighted by Crippen LogP contribution is 2.17. The Bertz CT molecular complexity index is 65.8. The van der Waals surface area contributed by atoms with Gasteiger partial charge in [-0.25, -0.2) is 0 Å². The highest BCUT2D eigenvalue weighted by molar-refractivity contribution is 8.14. The molecule has 0 aliphatic heterocycles. The van der Waals surface area contributed by atoms with Crippen molar-refractivity contribution in [3.63, 3.8) is 0 Å². The molecule has 0 saturated carbocycles. The quantitative estimate of drug-likeness (QED) is 0.437. The fraction of sp³-hybridized carbons (Fsp3) is 1.00. The van der Waals surface area contributed by atoms with E-state index >= 15 is 0 Å². The van der Waals surface area contributed by atoms with Crippen LogP contribution in [0.15, 0.2) is 0 Å². The summed E-state index contributed by atoms with van der Waals surface area (Å²) in [5.41, 5.74) is 0. The lowest BCUT2D eigenvalue weighted by Crippen LogP contribution is -2.15. The molecule has 0 aromatic carbocycles. The van der Waals surface area contributed by atoms with Crippen LogP contribution in [-0.4, -0.2) is 7.22 Å². The Morgan fingerprint density at radius 2 is 1.78 bits per heavy atom. The average molecular weight is 161 g/mol. The lowest BCUT2D eigenvalue weighted by molar-refractivity contribution is 0.765. The van der Waals surface area contributed by atoms with Crippen LogP contribution in [0.5, 0.6) is 0 Å². The molecule has 0 fully saturated rings. The van der Waals surface area contributed by atoms with Crippen molar-refractivity contribution in [2.45, 2.75) is 45.3 Å². The number of unbranched alkanes of at least 4 members (excludes halogenated alkanes) is 2. The van der Waals surface area contributed by atoms with E-state index in [1.54, 1.807) is 0 Å². The molecule has 0 spiro atoms. The standard InChI is InChI=1S/C7H17SSi/c1-4-5-6-7-9(2,3)8/h4-7H2,1-3H3. The molecule has 0 rings (SSSR count). The van der Waals surface area contributed by atoms with Gasteiger partial charge in [-0.15, -0.1) is 12.1 Å². The highest BCUT2D eigenvalue weighted by atomic mass is 32.3. The van der Waals surface area contributed by atoms with Crippen molar-refractivity contribution in [1.82, 2.24) is 0 Å². The van der Waals surface area contributed by atoms with Gasteiger partial charge in [0.2, 0.25) is 0 Å². The van der Waals surface area contributed by atoms with E-state index in [-0.39, 0.29) is 0 Å². The van der Waals surface area contributed by atoms with E-state index in [1.165, 1.54) is 25.3 Å². The monoisotopic (exact) mass is 161 g/mol. The predicted octanol–water partition coefficient (Wildman–Crippen LogP) is 3.58. The van der Waals surface area contributed by atoms with Gasteiger partial charge in [0, 0.05) is 0 Å². The summed E-state index contributed by atoms with van der Waals surface area (Å²) in [4.78, 5) is 0. The fourth-order valence-electron chi connectivity index (χ4n) is 0.801. The van der Waals surface area contributed by atoms with Crippen LogP contribution in [-0.2, 0) is 0 Å². The van der Waals surface area contributed by atoms with Crippen molar-refractivity contribution in [3.05, 3.63) is 0 Å². The first-order chi connectivity index (χ1) is 4.06. The zero-order valence-corrected chi connectivity index (χ0v) is 8.55. The SMILES string of the molecule is CCCCC[Si](C)(C)[S]. The van der Waals surface area contributed by atoms with Crippen LogP contribution in [0.4, 0.5) is 0 Å². The van der Waals surface area contributed by atoms with E-state index in [0.29, 0.717) is 0 Å². The van der Waals surface area contributed by atoms with Gasteiger partial charge in [0.1, 0.15) is 7.22 Å². The topological polar surface area (TPSA) is 0 Å². The third kappa shape index (κ3) is 8.57. The van der Waals surface area contributed by atoms with Crippen LogP contribution in [0, 0.1) is 0 Å². The smallest absolute Gasteiger partial charge is 0.124 e. The maximum atomic E-state index is 5.34. The zero-order chi connectivity index (χ0) is 7.33. The van der Waals surface area contributed by atoms with Gasteiger partial charge in [0.05, 0.1) is 0 Å². The molecule has 1 radical (unpaired) electrons. The number of hydrogen-bond donors (Lipinski definition) is 0. The summed E-state index contributed by atoms with van der Waals surface area (Å²) < 4.78 is 0. The fourth-order valence-corrected chi connectivity index (χ4v) is 2.34. The van der Waals surface area contributed by atoms with Crippen LogP contribution in [0.25, 0.3) is 0 Å². The van der Waals surface area contributed by atoms with E-state index in [9.17, 15) is 0 Å². The van der Waals surface area contributed by atoms with Crippen LogP contribution in [0.1, 0.15) is 26.2 Å². The Morgan fingerprint density at radius 3 is 2.11 bits per heavy atom. The van der Waals surface area contributed by atoms with Crippen LogP contribution in [0.2, 0.25) is 19.1 Å². The second-order valence-corrected chi connectivity index (χ2v) is 10.6. The first kappa shape index (κ1) is 9.57. The number of hydrogen-bond acceptors (Lipinski definition) is 0. The van der Waals surface area contributed by atoms with Crippen molar-refractivity contribution in [3.8, 4) is 0 Å². The van der Waals surface area contributed by atoms with E-state index in [4.69, 9.17) is 12.1 Å². The summed E-state index contributed by atoms with van der Waals surface area (Å²) in [5, 5.41) is 0. The molecule has 0 atom stereocenters. The van der Waals surface area contributed by atoms with Crippen molar-refractivity contribution >= 4 is 19.3 Å². The summed E-state index contributed by atoms with van der Waals surface area (Å²) in [7, 11) is -1.11. The summed E-state index contributed by atoms with van der Waals surface area (Å²) in [6.45, 7) is 6.76. The summed E-state index contributed by atoms with van der Waals surface area (Å²) >= 11 is 5.34. The lowest BCUT2D eigenvalue weighted by atomic mass is 10.3. The molecular weight excluding hydrogens is 144 g/mol. The maximum Gasteiger partial charge on any atom is 0.124 e. The van der Waals surface area contributed by atoms with Crippen LogP contribution in [0.3, 0.4) is 0 Å². The van der Waals surface area contributed by atoms with Gasteiger partial charge >= 0.3 is 0 Å². The molecule has 0 aromatic heterocycles. The molecule has 0 saturated heterocycles. The third-order valence-corrected chi connectivity index (χ3v) is 3.55.